The van der Waals surface area contributed by atoms with Crippen LogP contribution in [0, 0.1) is 0 Å². The summed E-state index contributed by atoms with van der Waals surface area (Å²) in [6.07, 6.45) is 4.62. The first-order chi connectivity index (χ1) is 28.7. The molecule has 272 valence electrons. The molecule has 0 spiro atoms. The lowest BCUT2D eigenvalue weighted by Crippen LogP contribution is -2.29. The molecule has 0 saturated carbocycles. The maximum Gasteiger partial charge on any atom is 0.136 e. The number of furan rings is 1. The largest absolute Gasteiger partial charge is 0.456 e. The van der Waals surface area contributed by atoms with E-state index in [4.69, 9.17) is 4.42 Å². The number of hydrogen-bond acceptors (Lipinski definition) is 2. The Kier molecular flexibility index (Phi) is 7.30. The lowest BCUT2D eigenvalue weighted by atomic mass is 9.84. The molecule has 0 aliphatic rings. The summed E-state index contributed by atoms with van der Waals surface area (Å²) in [5, 5.41) is 17.6. The lowest BCUT2D eigenvalue weighted by molar-refractivity contribution is 0.669. The van der Waals surface area contributed by atoms with Crippen molar-refractivity contribution < 1.29 is 4.42 Å². The quantitative estimate of drug-likeness (QED) is 0.175. The van der Waals surface area contributed by atoms with Gasteiger partial charge in [0.15, 0.2) is 0 Å². The summed E-state index contributed by atoms with van der Waals surface area (Å²) in [7, 11) is 0. The van der Waals surface area contributed by atoms with Gasteiger partial charge in [-0.3, -0.25) is 0 Å². The van der Waals surface area contributed by atoms with Gasteiger partial charge in [-0.15, -0.1) is 11.3 Å². The topological polar surface area (TPSA) is 13.1 Å². The van der Waals surface area contributed by atoms with Gasteiger partial charge in [0.25, 0.3) is 0 Å². The predicted molar refractivity (Wildman–Crippen MR) is 252 cm³/mol. The third kappa shape index (κ3) is 4.70. The van der Waals surface area contributed by atoms with Crippen molar-refractivity contribution in [3.63, 3.8) is 0 Å². The van der Waals surface area contributed by atoms with Crippen LogP contribution in [0.4, 0.5) is 0 Å². The highest BCUT2D eigenvalue weighted by atomic mass is 32.1. The summed E-state index contributed by atoms with van der Waals surface area (Å²) >= 11 is 1.89. The second kappa shape index (κ2) is 12.8. The molecule has 0 aliphatic carbocycles. The zero-order valence-corrected chi connectivity index (χ0v) is 33.0. The fraction of sp³-hybridized carbons (Fsp3) is 0.0357. The summed E-state index contributed by atoms with van der Waals surface area (Å²) in [5.74, 6) is 0. The lowest BCUT2D eigenvalue weighted by Gasteiger charge is -2.19. The number of hydrogen-bond donors (Lipinski definition) is 0. The Morgan fingerprint density at radius 2 is 0.966 bits per heavy atom. The van der Waals surface area contributed by atoms with Gasteiger partial charge in [0.1, 0.15) is 11.2 Å². The minimum absolute atomic E-state index is 0.934. The summed E-state index contributed by atoms with van der Waals surface area (Å²) < 4.78 is 8.87. The molecule has 0 aliphatic heterocycles. The molecule has 2 heteroatoms. The molecule has 12 aromatic rings. The van der Waals surface area contributed by atoms with Gasteiger partial charge in [0.05, 0.1) is 0 Å². The zero-order valence-electron chi connectivity index (χ0n) is 32.1. The highest BCUT2D eigenvalue weighted by Crippen LogP contribution is 2.45. The van der Waals surface area contributed by atoms with Crippen LogP contribution in [0.3, 0.4) is 0 Å². The Labute approximate surface area is 339 Å². The number of fused-ring (bicyclic) bond motifs is 12. The van der Waals surface area contributed by atoms with Gasteiger partial charge >= 0.3 is 0 Å². The first kappa shape index (κ1) is 33.2. The second-order valence-corrected chi connectivity index (χ2v) is 16.4. The molecular weight excluding hydrogens is 721 g/mol. The maximum atomic E-state index is 6.25. The smallest absolute Gasteiger partial charge is 0.136 e. The Morgan fingerprint density at radius 1 is 0.397 bits per heavy atom. The van der Waals surface area contributed by atoms with Crippen molar-refractivity contribution in [2.45, 2.75) is 13.8 Å². The Hall–Kier alpha value is -7.00. The van der Waals surface area contributed by atoms with Crippen LogP contribution in [0.5, 0.6) is 0 Å². The third-order valence-corrected chi connectivity index (χ3v) is 13.6. The average Bonchev–Trinajstić information content (AvgIpc) is 3.86. The van der Waals surface area contributed by atoms with Gasteiger partial charge in [-0.2, -0.15) is 0 Å². The third-order valence-electron chi connectivity index (χ3n) is 12.4. The van der Waals surface area contributed by atoms with Crippen LogP contribution in [0.2, 0.25) is 0 Å². The van der Waals surface area contributed by atoms with Crippen molar-refractivity contribution in [1.29, 1.82) is 0 Å². The molecule has 0 unspecified atom stereocenters. The van der Waals surface area contributed by atoms with Crippen molar-refractivity contribution in [2.24, 2.45) is 0 Å². The van der Waals surface area contributed by atoms with E-state index in [9.17, 15) is 0 Å². The molecule has 0 atom stereocenters. The van der Waals surface area contributed by atoms with Crippen molar-refractivity contribution in [3.05, 3.63) is 180 Å². The van der Waals surface area contributed by atoms with Crippen molar-refractivity contribution in [2.75, 3.05) is 0 Å². The number of thiophene rings is 1. The second-order valence-electron chi connectivity index (χ2n) is 15.3. The minimum atomic E-state index is 0.934. The monoisotopic (exact) mass is 756 g/mol. The van der Waals surface area contributed by atoms with Crippen LogP contribution in [0.15, 0.2) is 174 Å². The van der Waals surface area contributed by atoms with Crippen LogP contribution in [-0.2, 0) is 0 Å². The van der Waals surface area contributed by atoms with Crippen LogP contribution >= 0.6 is 11.3 Å². The molecule has 12 rings (SSSR count). The Morgan fingerprint density at radius 3 is 1.72 bits per heavy atom. The fourth-order valence-electron chi connectivity index (χ4n) is 9.90. The molecule has 10 aromatic carbocycles. The highest BCUT2D eigenvalue weighted by molar-refractivity contribution is 7.26. The maximum absolute atomic E-state index is 6.25. The van der Waals surface area contributed by atoms with Gasteiger partial charge in [0.2, 0.25) is 0 Å². The van der Waals surface area contributed by atoms with Gasteiger partial charge in [-0.1, -0.05) is 152 Å². The molecule has 0 saturated heterocycles. The molecule has 0 fully saturated rings. The van der Waals surface area contributed by atoms with Crippen LogP contribution < -0.4 is 10.4 Å². The Bertz CT molecular complexity index is 3820. The SMILES string of the molecule is C/C=c1/c(-c2cccc3ccccc23)c2ccccc2c(-c2ccc(-c3ccc4sc5c(ccc6c5ccc5oc7ccccc7c56)c4c3)c3ccccc23)/c1=C/C. The zero-order chi connectivity index (χ0) is 38.5. The van der Waals surface area contributed by atoms with E-state index in [1.807, 2.05) is 17.4 Å². The van der Waals surface area contributed by atoms with Crippen LogP contribution in [-0.4, -0.2) is 0 Å². The Balaban J connectivity index is 1.07. The van der Waals surface area contributed by atoms with Crippen LogP contribution in [0.1, 0.15) is 13.8 Å². The van der Waals surface area contributed by atoms with Crippen LogP contribution in [0.25, 0.3) is 131 Å². The molecule has 0 radical (unpaired) electrons. The average molecular weight is 757 g/mol. The normalized spacial score (nSPS) is 12.9. The van der Waals surface area contributed by atoms with E-state index in [0.717, 1.165) is 11.2 Å². The van der Waals surface area contributed by atoms with E-state index >= 15 is 0 Å². The van der Waals surface area contributed by atoms with E-state index < -0.39 is 0 Å². The van der Waals surface area contributed by atoms with Crippen molar-refractivity contribution >= 4 is 109 Å². The molecule has 2 aromatic heterocycles. The van der Waals surface area contributed by atoms with E-state index in [-0.39, 0.29) is 0 Å². The van der Waals surface area contributed by atoms with Gasteiger partial charge < -0.3 is 4.42 Å². The predicted octanol–water partition coefficient (Wildman–Crippen LogP) is 15.2. The minimum Gasteiger partial charge on any atom is -0.456 e. The number of para-hydroxylation sites is 1. The standard InChI is InChI=1S/C56H36OS/c1-3-35-36(4-2)54(43-20-10-9-19-42(43)53(35)41-22-13-15-33-14-5-6-16-37(33)41)44-26-25-38(39-17-7-8-18-40(39)44)34-24-31-52-49(32-34)47-28-27-45-46(56(47)58-52)29-30-51-55(45)48-21-11-12-23-50(48)57-51/h3-32H,1-2H3/b35-3+,36-4+. The van der Waals surface area contributed by atoms with E-state index in [0.29, 0.717) is 0 Å². The molecule has 58 heavy (non-hydrogen) atoms. The summed E-state index contributed by atoms with van der Waals surface area (Å²) in [6, 6.07) is 62.6. The fourth-order valence-corrected chi connectivity index (χ4v) is 11.1. The number of benzene rings is 10. The van der Waals surface area contributed by atoms with E-state index in [1.165, 1.54) is 118 Å². The van der Waals surface area contributed by atoms with Crippen molar-refractivity contribution in [1.82, 2.24) is 0 Å². The number of rotatable bonds is 3. The molecular formula is C56H36OS. The highest BCUT2D eigenvalue weighted by Gasteiger charge is 2.20. The summed E-state index contributed by atoms with van der Waals surface area (Å²) in [5.41, 5.74) is 9.44. The molecule has 0 amide bonds. The molecule has 0 N–H and O–H groups in total. The van der Waals surface area contributed by atoms with Gasteiger partial charge in [0, 0.05) is 36.3 Å². The molecule has 1 nitrogen and oxygen atoms in total. The molecule has 2 heterocycles. The molecule has 0 bridgehead atoms. The van der Waals surface area contributed by atoms with E-state index in [1.54, 1.807) is 0 Å². The van der Waals surface area contributed by atoms with Gasteiger partial charge in [-0.05, 0) is 126 Å². The van der Waals surface area contributed by atoms with Crippen molar-refractivity contribution in [3.8, 4) is 33.4 Å². The summed E-state index contributed by atoms with van der Waals surface area (Å²) in [4.78, 5) is 0. The first-order valence-corrected chi connectivity index (χ1v) is 20.9. The first-order valence-electron chi connectivity index (χ1n) is 20.1. The van der Waals surface area contributed by atoms with Gasteiger partial charge in [-0.25, -0.2) is 0 Å². The van der Waals surface area contributed by atoms with E-state index in [2.05, 4.69) is 190 Å². The summed E-state index contributed by atoms with van der Waals surface area (Å²) in [6.45, 7) is 4.37.